The molecule has 9 heavy (non-hydrogen) atoms. The van der Waals surface area contributed by atoms with Crippen LogP contribution < -0.4 is 5.59 Å². The maximum atomic E-state index is 5.33. The molecule has 3 radical (unpaired) electrons. The molecule has 0 aliphatic heterocycles. The topological polar surface area (TPSA) is 25.8 Å². The molecule has 0 aliphatic rings. The van der Waals surface area contributed by atoms with Crippen LogP contribution in [-0.4, -0.2) is 17.8 Å². The third-order valence-electron chi connectivity index (χ3n) is 0.864. The molecule has 1 heterocycles. The van der Waals surface area contributed by atoms with E-state index in [-0.39, 0.29) is 32.7 Å². The first-order valence-electron chi connectivity index (χ1n) is 2.26. The third kappa shape index (κ3) is 2.55. The van der Waals surface area contributed by atoms with Crippen LogP contribution in [-0.2, 0) is 32.7 Å². The Labute approximate surface area is 80.8 Å². The van der Waals surface area contributed by atoms with Crippen molar-refractivity contribution in [3.8, 4) is 0 Å². The zero-order valence-corrected chi connectivity index (χ0v) is 7.96. The van der Waals surface area contributed by atoms with Gasteiger partial charge in [0.1, 0.15) is 7.85 Å². The van der Waals surface area contributed by atoms with Gasteiger partial charge in [-0.3, -0.25) is 0 Å². The molecule has 2 nitrogen and oxygen atoms in total. The summed E-state index contributed by atoms with van der Waals surface area (Å²) in [5.74, 6) is 0. The Morgan fingerprint density at radius 2 is 2.33 bits per heavy atom. The van der Waals surface area contributed by atoms with Gasteiger partial charge in [-0.25, -0.2) is 0 Å². The van der Waals surface area contributed by atoms with E-state index in [0.29, 0.717) is 5.59 Å². The zero-order chi connectivity index (χ0) is 5.98. The average Bonchev–Trinajstić information content (AvgIpc) is 1.77. The van der Waals surface area contributed by atoms with Gasteiger partial charge in [-0.05, 0) is 6.20 Å². The number of nitrogens with zero attached hydrogens (tertiary/aromatic N) is 2. The normalized spacial score (nSPS) is 8.11. The summed E-state index contributed by atoms with van der Waals surface area (Å²) < 4.78 is 0. The second-order valence-electron chi connectivity index (χ2n) is 1.47. The Bertz CT molecular complexity index is 171. The first-order valence-corrected chi connectivity index (χ1v) is 2.26. The fourth-order valence-corrected chi connectivity index (χ4v) is 0.375. The van der Waals surface area contributed by atoms with Crippen LogP contribution in [0.3, 0.4) is 0 Å². The predicted molar refractivity (Wildman–Crippen MR) is 31.0 cm³/mol. The molecule has 0 bridgehead atoms. The van der Waals surface area contributed by atoms with Gasteiger partial charge in [-0.2, -0.15) is 0 Å². The molecule has 0 N–H and O–H groups in total. The van der Waals surface area contributed by atoms with Crippen molar-refractivity contribution in [1.29, 1.82) is 0 Å². The van der Waals surface area contributed by atoms with E-state index in [2.05, 4.69) is 16.2 Å². The van der Waals surface area contributed by atoms with Crippen molar-refractivity contribution in [1.82, 2.24) is 9.97 Å². The molecule has 1 rings (SSSR count). The smallest absolute Gasteiger partial charge is 0.116 e. The molecule has 0 amide bonds. The van der Waals surface area contributed by atoms with Crippen molar-refractivity contribution in [3.63, 3.8) is 0 Å². The fraction of sp³-hybridized carbons (Fsp3) is 0.200. The van der Waals surface area contributed by atoms with Crippen LogP contribution in [0.2, 0.25) is 0 Å². The van der Waals surface area contributed by atoms with Gasteiger partial charge in [0.05, 0.1) is 0 Å². The van der Waals surface area contributed by atoms with E-state index in [1.807, 2.05) is 0 Å². The van der Waals surface area contributed by atoms with Gasteiger partial charge in [0.2, 0.25) is 0 Å². The second kappa shape index (κ2) is 4.13. The van der Waals surface area contributed by atoms with Crippen LogP contribution in [0, 0.1) is 13.1 Å². The largest absolute Gasteiger partial charge is 0.454 e. The summed E-state index contributed by atoms with van der Waals surface area (Å²) in [5, 5.41) is 0. The van der Waals surface area contributed by atoms with E-state index < -0.39 is 0 Å². The van der Waals surface area contributed by atoms with E-state index in [1.54, 1.807) is 6.92 Å². The van der Waals surface area contributed by atoms with Crippen LogP contribution in [0.4, 0.5) is 0 Å². The summed E-state index contributed by atoms with van der Waals surface area (Å²) in [7, 11) is 5.33. The number of hydrogen-bond acceptors (Lipinski definition) is 2. The Kier molecular flexibility index (Phi) is 4.24. The van der Waals surface area contributed by atoms with Gasteiger partial charge >= 0.3 is 0 Å². The van der Waals surface area contributed by atoms with E-state index in [4.69, 9.17) is 7.85 Å². The van der Waals surface area contributed by atoms with E-state index in [1.165, 1.54) is 6.20 Å². The molecule has 0 saturated carbocycles. The average molecular weight is 192 g/mol. The van der Waals surface area contributed by atoms with Crippen LogP contribution in [0.25, 0.3) is 0 Å². The Hall–Kier alpha value is 0.249. The minimum absolute atomic E-state index is 0. The quantitative estimate of drug-likeness (QED) is 0.404. The van der Waals surface area contributed by atoms with Gasteiger partial charge in [0, 0.05) is 32.7 Å². The Morgan fingerprint density at radius 3 is 2.67 bits per heavy atom. The van der Waals surface area contributed by atoms with Gasteiger partial charge < -0.3 is 9.97 Å². The molecule has 1 aromatic heterocycles. The van der Waals surface area contributed by atoms with Crippen molar-refractivity contribution < 1.29 is 32.7 Å². The van der Waals surface area contributed by atoms with Gasteiger partial charge in [0.25, 0.3) is 0 Å². The summed E-state index contributed by atoms with van der Waals surface area (Å²) in [4.78, 5) is 7.50. The maximum Gasteiger partial charge on any atom is 0.116 e. The van der Waals surface area contributed by atoms with Crippen LogP contribution >= 0.6 is 0 Å². The van der Waals surface area contributed by atoms with Gasteiger partial charge in [-0.1, -0.05) is 12.5 Å². The Balaban J connectivity index is 0.000000640. The molecule has 0 spiro atoms. The summed E-state index contributed by atoms with van der Waals surface area (Å²) in [6, 6.07) is 0. The van der Waals surface area contributed by atoms with E-state index in [9.17, 15) is 0 Å². The SMILES string of the molecule is [B]c1nc[c-]nc1C.[Y]. The number of rotatable bonds is 0. The molecule has 4 heteroatoms. The minimum Gasteiger partial charge on any atom is -0.454 e. The predicted octanol–water partition coefficient (Wildman–Crippen LogP) is -0.623. The van der Waals surface area contributed by atoms with Gasteiger partial charge in [0.15, 0.2) is 0 Å². The van der Waals surface area contributed by atoms with Crippen LogP contribution in [0.15, 0.2) is 6.20 Å². The summed E-state index contributed by atoms with van der Waals surface area (Å²) >= 11 is 0. The van der Waals surface area contributed by atoms with Crippen molar-refractivity contribution >= 4 is 13.4 Å². The standard InChI is InChI=1S/C5H4BN2.Y/c1-4-5(6)8-3-2-7-4;/h3H,1H3;/q-1;. The molecule has 0 aromatic carbocycles. The molecule has 0 fully saturated rings. The number of aromatic nitrogens is 2. The van der Waals surface area contributed by atoms with Crippen LogP contribution in [0.5, 0.6) is 0 Å². The molecular weight excluding hydrogens is 188 g/mol. The summed E-state index contributed by atoms with van der Waals surface area (Å²) in [6.45, 7) is 1.79. The maximum absolute atomic E-state index is 5.33. The molecule has 0 saturated heterocycles. The molecule has 0 atom stereocenters. The summed E-state index contributed by atoms with van der Waals surface area (Å²) in [6.07, 6.45) is 4.01. The Morgan fingerprint density at radius 1 is 1.67 bits per heavy atom. The minimum atomic E-state index is 0. The fourth-order valence-electron chi connectivity index (χ4n) is 0.375. The molecule has 41 valence electrons. The molecule has 0 unspecified atom stereocenters. The van der Waals surface area contributed by atoms with Crippen LogP contribution in [0.1, 0.15) is 5.69 Å². The first kappa shape index (κ1) is 9.25. The number of aryl methyl sites for hydroxylation is 1. The van der Waals surface area contributed by atoms with Crippen molar-refractivity contribution in [2.75, 3.05) is 0 Å². The van der Waals surface area contributed by atoms with Crippen molar-refractivity contribution in [2.45, 2.75) is 6.92 Å². The van der Waals surface area contributed by atoms with Crippen molar-refractivity contribution in [3.05, 3.63) is 18.1 Å². The van der Waals surface area contributed by atoms with E-state index >= 15 is 0 Å². The van der Waals surface area contributed by atoms with Gasteiger partial charge in [-0.15, -0.1) is 11.9 Å². The third-order valence-corrected chi connectivity index (χ3v) is 0.864. The summed E-state index contributed by atoms with van der Waals surface area (Å²) in [5.41, 5.74) is 1.20. The molecular formula is C5H4BN2Y-. The first-order chi connectivity index (χ1) is 3.80. The monoisotopic (exact) mass is 192 g/mol. The van der Waals surface area contributed by atoms with E-state index in [0.717, 1.165) is 5.69 Å². The zero-order valence-electron chi connectivity index (χ0n) is 5.13. The second-order valence-corrected chi connectivity index (χ2v) is 1.47. The molecule has 1 aromatic rings. The number of hydrogen-bond donors (Lipinski definition) is 0. The van der Waals surface area contributed by atoms with Crippen molar-refractivity contribution in [2.24, 2.45) is 0 Å². The molecule has 0 aliphatic carbocycles.